The molecule has 2 aromatic heterocycles. The molecule has 0 saturated carbocycles. The minimum absolute atomic E-state index is 0.217. The molecule has 0 radical (unpaired) electrons. The molecule has 1 aliphatic rings. The summed E-state index contributed by atoms with van der Waals surface area (Å²) in [5, 5.41) is 11.9. The normalized spacial score (nSPS) is 20.4. The summed E-state index contributed by atoms with van der Waals surface area (Å²) in [7, 11) is 1.89. The summed E-state index contributed by atoms with van der Waals surface area (Å²) in [6.07, 6.45) is 4.78. The first-order valence-electron chi connectivity index (χ1n) is 6.82. The van der Waals surface area contributed by atoms with Crippen molar-refractivity contribution in [3.63, 3.8) is 0 Å². The monoisotopic (exact) mass is 261 g/mol. The smallest absolute Gasteiger partial charge is 0.276 e. The molecule has 0 amide bonds. The van der Waals surface area contributed by atoms with Gasteiger partial charge < -0.3 is 9.84 Å². The number of rotatable bonds is 2. The lowest BCUT2D eigenvalue weighted by atomic mass is 10.1. The van der Waals surface area contributed by atoms with E-state index in [1.807, 2.05) is 20.0 Å². The van der Waals surface area contributed by atoms with Crippen molar-refractivity contribution >= 4 is 0 Å². The maximum atomic E-state index is 5.38. The molecule has 3 rings (SSSR count). The van der Waals surface area contributed by atoms with Gasteiger partial charge >= 0.3 is 0 Å². The lowest BCUT2D eigenvalue weighted by Crippen LogP contribution is -2.21. The summed E-state index contributed by atoms with van der Waals surface area (Å²) in [5.74, 6) is 1.31. The summed E-state index contributed by atoms with van der Waals surface area (Å²) in [6.45, 7) is 2.98. The van der Waals surface area contributed by atoms with E-state index in [9.17, 15) is 0 Å². The molecule has 0 bridgehead atoms. The van der Waals surface area contributed by atoms with Gasteiger partial charge in [-0.1, -0.05) is 18.0 Å². The van der Waals surface area contributed by atoms with E-state index in [0.717, 1.165) is 30.2 Å². The molecule has 0 spiro atoms. The Morgan fingerprint density at radius 2 is 2.26 bits per heavy atom. The predicted molar refractivity (Wildman–Crippen MR) is 70.4 cm³/mol. The van der Waals surface area contributed by atoms with Crippen molar-refractivity contribution in [1.29, 1.82) is 0 Å². The Morgan fingerprint density at radius 3 is 3.05 bits per heavy atom. The number of hydrogen-bond donors (Lipinski definition) is 1. The highest BCUT2D eigenvalue weighted by molar-refractivity contribution is 5.47. The van der Waals surface area contributed by atoms with Crippen LogP contribution in [-0.4, -0.2) is 26.5 Å². The van der Waals surface area contributed by atoms with E-state index in [1.165, 1.54) is 19.3 Å². The molecule has 2 aromatic rings. The van der Waals surface area contributed by atoms with Crippen LogP contribution in [0.4, 0.5) is 0 Å². The van der Waals surface area contributed by atoms with Crippen LogP contribution in [0, 0.1) is 6.92 Å². The number of aromatic nitrogens is 4. The van der Waals surface area contributed by atoms with Crippen LogP contribution in [0.15, 0.2) is 10.6 Å². The van der Waals surface area contributed by atoms with Gasteiger partial charge in [0.1, 0.15) is 5.69 Å². The Kier molecular flexibility index (Phi) is 3.33. The van der Waals surface area contributed by atoms with Crippen LogP contribution in [0.2, 0.25) is 0 Å². The molecular formula is C13H19N5O. The number of nitrogens with zero attached hydrogens (tertiary/aromatic N) is 4. The summed E-state index contributed by atoms with van der Waals surface area (Å²) < 4.78 is 7.15. The fraction of sp³-hybridized carbons (Fsp3) is 0.615. The Hall–Kier alpha value is -1.69. The molecule has 0 aliphatic carbocycles. The second-order valence-electron chi connectivity index (χ2n) is 5.11. The minimum Gasteiger partial charge on any atom is -0.332 e. The molecule has 3 heterocycles. The fourth-order valence-corrected chi connectivity index (χ4v) is 2.54. The number of hydrogen-bond acceptors (Lipinski definition) is 5. The van der Waals surface area contributed by atoms with Crippen molar-refractivity contribution in [1.82, 2.24) is 25.2 Å². The van der Waals surface area contributed by atoms with E-state index in [4.69, 9.17) is 4.52 Å². The van der Waals surface area contributed by atoms with E-state index in [1.54, 1.807) is 4.68 Å². The molecule has 6 nitrogen and oxygen atoms in total. The van der Waals surface area contributed by atoms with Crippen LogP contribution >= 0.6 is 0 Å². The van der Waals surface area contributed by atoms with E-state index in [0.29, 0.717) is 5.89 Å². The van der Waals surface area contributed by atoms with Crippen LogP contribution < -0.4 is 5.32 Å². The Balaban J connectivity index is 1.84. The van der Waals surface area contributed by atoms with Crippen LogP contribution in [0.5, 0.6) is 0 Å². The highest BCUT2D eigenvalue weighted by atomic mass is 16.5. The average Bonchev–Trinajstić information content (AvgIpc) is 2.88. The second-order valence-corrected chi connectivity index (χ2v) is 5.11. The van der Waals surface area contributed by atoms with Crippen molar-refractivity contribution in [3.8, 4) is 11.6 Å². The molecule has 1 atom stereocenters. The van der Waals surface area contributed by atoms with Crippen LogP contribution in [0.25, 0.3) is 11.6 Å². The number of aryl methyl sites for hydroxylation is 2. The average molecular weight is 261 g/mol. The fourth-order valence-electron chi connectivity index (χ4n) is 2.54. The highest BCUT2D eigenvalue weighted by Gasteiger charge is 2.21. The molecule has 1 unspecified atom stereocenters. The lowest BCUT2D eigenvalue weighted by Gasteiger charge is -2.09. The third-order valence-corrected chi connectivity index (χ3v) is 3.53. The molecule has 0 aromatic carbocycles. The van der Waals surface area contributed by atoms with Gasteiger partial charge in [-0.15, -0.1) is 0 Å². The molecule has 1 saturated heterocycles. The van der Waals surface area contributed by atoms with Crippen molar-refractivity contribution in [2.24, 2.45) is 7.05 Å². The Morgan fingerprint density at radius 1 is 1.37 bits per heavy atom. The largest absolute Gasteiger partial charge is 0.332 e. The van der Waals surface area contributed by atoms with Gasteiger partial charge in [0, 0.05) is 7.05 Å². The second kappa shape index (κ2) is 5.13. The van der Waals surface area contributed by atoms with E-state index < -0.39 is 0 Å². The summed E-state index contributed by atoms with van der Waals surface area (Å²) in [6, 6.07) is 2.17. The highest BCUT2D eigenvalue weighted by Crippen LogP contribution is 2.23. The maximum Gasteiger partial charge on any atom is 0.276 e. The molecule has 19 heavy (non-hydrogen) atoms. The lowest BCUT2D eigenvalue weighted by molar-refractivity contribution is 0.400. The third-order valence-electron chi connectivity index (χ3n) is 3.53. The zero-order valence-electron chi connectivity index (χ0n) is 11.4. The Bertz CT molecular complexity index is 551. The topological polar surface area (TPSA) is 68.8 Å². The van der Waals surface area contributed by atoms with Gasteiger partial charge in [-0.05, 0) is 32.4 Å². The van der Waals surface area contributed by atoms with Crippen molar-refractivity contribution < 1.29 is 4.52 Å². The van der Waals surface area contributed by atoms with Crippen LogP contribution in [-0.2, 0) is 7.05 Å². The van der Waals surface area contributed by atoms with Crippen LogP contribution in [0.1, 0.15) is 43.2 Å². The zero-order chi connectivity index (χ0) is 13.2. The summed E-state index contributed by atoms with van der Waals surface area (Å²) in [4.78, 5) is 4.52. The van der Waals surface area contributed by atoms with Gasteiger partial charge in [0.25, 0.3) is 5.89 Å². The molecule has 1 fully saturated rings. The predicted octanol–water partition coefficient (Wildman–Crippen LogP) is 1.98. The first-order valence-corrected chi connectivity index (χ1v) is 6.82. The maximum absolute atomic E-state index is 5.38. The minimum atomic E-state index is 0.217. The van der Waals surface area contributed by atoms with Gasteiger partial charge in [0.15, 0.2) is 5.82 Å². The SMILES string of the molecule is Cc1cc(-c2nc(C3CCCCCN3)no2)n(C)n1. The van der Waals surface area contributed by atoms with Crippen molar-refractivity contribution in [3.05, 3.63) is 17.6 Å². The molecule has 6 heteroatoms. The van der Waals surface area contributed by atoms with Gasteiger partial charge in [0.2, 0.25) is 0 Å². The first kappa shape index (κ1) is 12.3. The van der Waals surface area contributed by atoms with Crippen molar-refractivity contribution in [2.45, 2.75) is 38.6 Å². The number of nitrogens with one attached hydrogen (secondary N) is 1. The quantitative estimate of drug-likeness (QED) is 0.895. The van der Waals surface area contributed by atoms with Crippen LogP contribution in [0.3, 0.4) is 0 Å². The molecule has 1 N–H and O–H groups in total. The third kappa shape index (κ3) is 2.53. The van der Waals surface area contributed by atoms with Gasteiger partial charge in [-0.3, -0.25) is 4.68 Å². The Labute approximate surface area is 112 Å². The zero-order valence-corrected chi connectivity index (χ0v) is 11.4. The summed E-state index contributed by atoms with van der Waals surface area (Å²) >= 11 is 0. The van der Waals surface area contributed by atoms with E-state index >= 15 is 0 Å². The van der Waals surface area contributed by atoms with Gasteiger partial charge in [-0.2, -0.15) is 10.1 Å². The molecular weight excluding hydrogens is 242 g/mol. The van der Waals surface area contributed by atoms with E-state index in [-0.39, 0.29) is 6.04 Å². The van der Waals surface area contributed by atoms with Gasteiger partial charge in [-0.25, -0.2) is 0 Å². The molecule has 102 valence electrons. The summed E-state index contributed by atoms with van der Waals surface area (Å²) in [5.41, 5.74) is 1.81. The van der Waals surface area contributed by atoms with E-state index in [2.05, 4.69) is 20.6 Å². The van der Waals surface area contributed by atoms with Gasteiger partial charge in [0.05, 0.1) is 11.7 Å². The molecule has 1 aliphatic heterocycles. The first-order chi connectivity index (χ1) is 9.24. The van der Waals surface area contributed by atoms with Crippen molar-refractivity contribution in [2.75, 3.05) is 6.54 Å². The standard InChI is InChI=1S/C13H19N5O/c1-9-8-11(18(2)16-9)13-15-12(17-19-13)10-6-4-3-5-7-14-10/h8,10,14H,3-7H2,1-2H3.